The van der Waals surface area contributed by atoms with Gasteiger partial charge in [0.2, 0.25) is 0 Å². The van der Waals surface area contributed by atoms with E-state index < -0.39 is 11.6 Å². The molecule has 0 fully saturated rings. The molecule has 2 nitrogen and oxygen atoms in total. The van der Waals surface area contributed by atoms with E-state index in [1.165, 1.54) is 23.8 Å². The molecule has 1 aliphatic rings. The minimum Gasteiger partial charge on any atom is -0.384 e. The van der Waals surface area contributed by atoms with Crippen LogP contribution < -0.4 is 10.6 Å². The molecule has 0 atom stereocenters. The Balaban J connectivity index is 1.82. The number of nitrogens with one attached hydrogen (secondary N) is 2. The standard InChI is InChI=1S/C15H14F2N2/c16-12-5-2-6-13(17)15(12)19-9-11-4-1-3-10-7-8-18-14(10)11/h1-6,18-19H,7-9H2. The van der Waals surface area contributed by atoms with Gasteiger partial charge in [0.1, 0.15) is 17.3 Å². The van der Waals surface area contributed by atoms with Gasteiger partial charge in [-0.3, -0.25) is 0 Å². The van der Waals surface area contributed by atoms with Crippen LogP contribution in [0.3, 0.4) is 0 Å². The van der Waals surface area contributed by atoms with E-state index in [9.17, 15) is 8.78 Å². The lowest BCUT2D eigenvalue weighted by molar-refractivity contribution is 0.588. The van der Waals surface area contributed by atoms with Gasteiger partial charge in [-0.1, -0.05) is 24.3 Å². The first kappa shape index (κ1) is 12.0. The van der Waals surface area contributed by atoms with Crippen molar-refractivity contribution in [3.8, 4) is 0 Å². The topological polar surface area (TPSA) is 24.1 Å². The molecule has 4 heteroatoms. The summed E-state index contributed by atoms with van der Waals surface area (Å²) >= 11 is 0. The molecule has 0 radical (unpaired) electrons. The Morgan fingerprint density at radius 3 is 2.58 bits per heavy atom. The number of anilines is 2. The van der Waals surface area contributed by atoms with Crippen molar-refractivity contribution in [2.24, 2.45) is 0 Å². The second-order valence-electron chi connectivity index (χ2n) is 4.58. The van der Waals surface area contributed by atoms with Gasteiger partial charge < -0.3 is 10.6 Å². The summed E-state index contributed by atoms with van der Waals surface area (Å²) in [6.45, 7) is 1.31. The van der Waals surface area contributed by atoms with Gasteiger partial charge in [-0.05, 0) is 29.7 Å². The summed E-state index contributed by atoms with van der Waals surface area (Å²) in [5.41, 5.74) is 3.30. The third kappa shape index (κ3) is 2.26. The highest BCUT2D eigenvalue weighted by Gasteiger charge is 2.14. The van der Waals surface area contributed by atoms with Crippen LogP contribution in [0.2, 0.25) is 0 Å². The van der Waals surface area contributed by atoms with Crippen molar-refractivity contribution in [3.63, 3.8) is 0 Å². The van der Waals surface area contributed by atoms with Gasteiger partial charge in [-0.25, -0.2) is 8.78 Å². The monoisotopic (exact) mass is 260 g/mol. The molecule has 2 aromatic rings. The molecule has 0 saturated heterocycles. The lowest BCUT2D eigenvalue weighted by Gasteiger charge is -2.12. The third-order valence-electron chi connectivity index (χ3n) is 3.35. The van der Waals surface area contributed by atoms with Crippen LogP contribution in [-0.4, -0.2) is 6.54 Å². The lowest BCUT2D eigenvalue weighted by Crippen LogP contribution is -2.06. The quantitative estimate of drug-likeness (QED) is 0.882. The first-order valence-electron chi connectivity index (χ1n) is 6.28. The van der Waals surface area contributed by atoms with Gasteiger partial charge in [-0.15, -0.1) is 0 Å². The molecule has 1 aliphatic heterocycles. The smallest absolute Gasteiger partial charge is 0.149 e. The van der Waals surface area contributed by atoms with Crippen LogP contribution in [0, 0.1) is 11.6 Å². The predicted octanol–water partition coefficient (Wildman–Crippen LogP) is 3.54. The van der Waals surface area contributed by atoms with Crippen molar-refractivity contribution in [3.05, 3.63) is 59.2 Å². The summed E-state index contributed by atoms with van der Waals surface area (Å²) in [4.78, 5) is 0. The Labute approximate surface area is 110 Å². The highest BCUT2D eigenvalue weighted by molar-refractivity contribution is 5.62. The zero-order chi connectivity index (χ0) is 13.2. The minimum atomic E-state index is -0.569. The Morgan fingerprint density at radius 2 is 1.79 bits per heavy atom. The minimum absolute atomic E-state index is 0.0712. The Hall–Kier alpha value is -2.10. The fraction of sp³-hybridized carbons (Fsp3) is 0.200. The fourth-order valence-electron chi connectivity index (χ4n) is 2.41. The molecule has 0 spiro atoms. The number of halogens is 2. The highest BCUT2D eigenvalue weighted by Crippen LogP contribution is 2.27. The molecule has 19 heavy (non-hydrogen) atoms. The molecule has 0 amide bonds. The van der Waals surface area contributed by atoms with E-state index in [-0.39, 0.29) is 5.69 Å². The lowest BCUT2D eigenvalue weighted by atomic mass is 10.1. The summed E-state index contributed by atoms with van der Waals surface area (Å²) in [7, 11) is 0. The molecule has 3 rings (SSSR count). The number of para-hydroxylation sites is 2. The van der Waals surface area contributed by atoms with Crippen LogP contribution in [0.1, 0.15) is 11.1 Å². The number of benzene rings is 2. The fourth-order valence-corrected chi connectivity index (χ4v) is 2.41. The van der Waals surface area contributed by atoms with Crippen molar-refractivity contribution in [2.45, 2.75) is 13.0 Å². The van der Waals surface area contributed by atoms with Crippen LogP contribution in [-0.2, 0) is 13.0 Å². The molecule has 2 N–H and O–H groups in total. The van der Waals surface area contributed by atoms with E-state index in [2.05, 4.69) is 16.7 Å². The third-order valence-corrected chi connectivity index (χ3v) is 3.35. The molecule has 0 aliphatic carbocycles. The number of hydrogen-bond donors (Lipinski definition) is 2. The van der Waals surface area contributed by atoms with Crippen LogP contribution in [0.5, 0.6) is 0 Å². The zero-order valence-corrected chi connectivity index (χ0v) is 10.3. The molecule has 1 heterocycles. The molecular formula is C15H14F2N2. The number of rotatable bonds is 3. The van der Waals surface area contributed by atoms with Crippen LogP contribution in [0.25, 0.3) is 0 Å². The van der Waals surface area contributed by atoms with E-state index in [1.54, 1.807) is 0 Å². The Morgan fingerprint density at radius 1 is 1.05 bits per heavy atom. The summed E-state index contributed by atoms with van der Waals surface area (Å²) in [6.07, 6.45) is 0.997. The Kier molecular flexibility index (Phi) is 3.07. The molecule has 0 aromatic heterocycles. The first-order valence-corrected chi connectivity index (χ1v) is 6.28. The van der Waals surface area contributed by atoms with Gasteiger partial charge in [0.25, 0.3) is 0 Å². The van der Waals surface area contributed by atoms with E-state index in [1.807, 2.05) is 12.1 Å². The molecule has 98 valence electrons. The molecular weight excluding hydrogens is 246 g/mol. The largest absolute Gasteiger partial charge is 0.384 e. The summed E-state index contributed by atoms with van der Waals surface area (Å²) in [5.74, 6) is -1.14. The van der Waals surface area contributed by atoms with E-state index in [0.717, 1.165) is 24.2 Å². The highest BCUT2D eigenvalue weighted by atomic mass is 19.1. The summed E-state index contributed by atoms with van der Waals surface area (Å²) < 4.78 is 27.0. The van der Waals surface area contributed by atoms with Crippen molar-refractivity contribution >= 4 is 11.4 Å². The van der Waals surface area contributed by atoms with Crippen molar-refractivity contribution in [2.75, 3.05) is 17.2 Å². The maximum Gasteiger partial charge on any atom is 0.149 e. The van der Waals surface area contributed by atoms with Crippen LogP contribution in [0.15, 0.2) is 36.4 Å². The molecule has 0 bridgehead atoms. The van der Waals surface area contributed by atoms with E-state index in [4.69, 9.17) is 0 Å². The molecule has 2 aromatic carbocycles. The maximum absolute atomic E-state index is 13.5. The Bertz CT molecular complexity index is 591. The van der Waals surface area contributed by atoms with Crippen LogP contribution >= 0.6 is 0 Å². The second kappa shape index (κ2) is 4.88. The molecule has 0 saturated carbocycles. The number of hydrogen-bond acceptors (Lipinski definition) is 2. The van der Waals surface area contributed by atoms with Gasteiger partial charge in [0.05, 0.1) is 0 Å². The normalized spacial score (nSPS) is 12.9. The van der Waals surface area contributed by atoms with Crippen molar-refractivity contribution < 1.29 is 8.78 Å². The predicted molar refractivity (Wildman–Crippen MR) is 72.3 cm³/mol. The first-order chi connectivity index (χ1) is 9.25. The second-order valence-corrected chi connectivity index (χ2v) is 4.58. The zero-order valence-electron chi connectivity index (χ0n) is 10.3. The average Bonchev–Trinajstić information content (AvgIpc) is 2.87. The average molecular weight is 260 g/mol. The van der Waals surface area contributed by atoms with Crippen LogP contribution in [0.4, 0.5) is 20.2 Å². The van der Waals surface area contributed by atoms with Crippen molar-refractivity contribution in [1.29, 1.82) is 0 Å². The van der Waals surface area contributed by atoms with E-state index in [0.29, 0.717) is 6.54 Å². The van der Waals surface area contributed by atoms with Gasteiger partial charge in [0.15, 0.2) is 0 Å². The van der Waals surface area contributed by atoms with E-state index >= 15 is 0 Å². The SMILES string of the molecule is Fc1cccc(F)c1NCc1cccc2c1NCC2. The molecule has 0 unspecified atom stereocenters. The van der Waals surface area contributed by atoms with Crippen molar-refractivity contribution in [1.82, 2.24) is 0 Å². The summed E-state index contributed by atoms with van der Waals surface area (Å²) in [6, 6.07) is 9.86. The number of fused-ring (bicyclic) bond motifs is 1. The van der Waals surface area contributed by atoms with Gasteiger partial charge in [0, 0.05) is 18.8 Å². The van der Waals surface area contributed by atoms with Gasteiger partial charge in [-0.2, -0.15) is 0 Å². The summed E-state index contributed by atoms with van der Waals surface area (Å²) in [5, 5.41) is 6.14. The maximum atomic E-state index is 13.5. The van der Waals surface area contributed by atoms with Gasteiger partial charge >= 0.3 is 0 Å².